The van der Waals surface area contributed by atoms with E-state index in [9.17, 15) is 55.5 Å². The van der Waals surface area contributed by atoms with Gasteiger partial charge in [0.15, 0.2) is 0 Å². The van der Waals surface area contributed by atoms with E-state index in [4.69, 9.17) is 11.6 Å². The van der Waals surface area contributed by atoms with Crippen LogP contribution in [0.1, 0.15) is 185 Å². The molecule has 3 aliphatic carbocycles. The van der Waals surface area contributed by atoms with E-state index < -0.39 is 193 Å². The van der Waals surface area contributed by atoms with Crippen LogP contribution in [-0.4, -0.2) is 258 Å². The Morgan fingerprint density at radius 1 is 0.618 bits per heavy atom. The Morgan fingerprint density at radius 3 is 1.82 bits per heavy atom. The number of hydrogen-bond donors (Lipinski definition) is 3. The molecule has 570 valence electrons. The summed E-state index contributed by atoms with van der Waals surface area (Å²) in [7, 11) is 9.43. The van der Waals surface area contributed by atoms with E-state index in [1.54, 1.807) is 18.7 Å². The van der Waals surface area contributed by atoms with Crippen LogP contribution in [0.15, 0.2) is 18.2 Å². The number of carbonyl (C=O) groups excluding carboxylic acids is 12. The molecule has 12 amide bonds. The molecule has 1 aromatic rings. The molecule has 3 saturated carbocycles. The molecule has 24 nitrogen and oxygen atoms in total. The molecule has 102 heavy (non-hydrogen) atoms. The van der Waals surface area contributed by atoms with Gasteiger partial charge in [-0.1, -0.05) is 102 Å². The highest BCUT2D eigenvalue weighted by Gasteiger charge is 2.52. The largest absolute Gasteiger partial charge is 0.417 e. The summed E-state index contributed by atoms with van der Waals surface area (Å²) >= 11 is 6.15. The van der Waals surface area contributed by atoms with Crippen LogP contribution >= 0.6 is 11.6 Å². The number of rotatable bonds is 12. The van der Waals surface area contributed by atoms with Gasteiger partial charge < -0.3 is 60.0 Å². The Kier molecular flexibility index (Phi) is 29.8. The lowest BCUT2D eigenvalue weighted by Crippen LogP contribution is -2.65. The Balaban J connectivity index is 1.29. The number of hydrogen-bond acceptors (Lipinski definition) is 12. The van der Waals surface area contributed by atoms with Gasteiger partial charge in [-0.05, 0) is 119 Å². The van der Waals surface area contributed by atoms with Gasteiger partial charge in [0.05, 0.1) is 36.6 Å². The lowest BCUT2D eigenvalue weighted by molar-refractivity contribution is -0.157. The molecular formula is C72H108ClF5N12O12. The number of benzene rings is 1. The van der Waals surface area contributed by atoms with Crippen molar-refractivity contribution in [2.45, 2.75) is 241 Å². The molecule has 0 aromatic heterocycles. The number of alkyl halides is 5. The minimum atomic E-state index is -4.77. The number of amides is 12. The highest BCUT2D eigenvalue weighted by Crippen LogP contribution is 2.39. The van der Waals surface area contributed by atoms with Crippen molar-refractivity contribution in [3.8, 4) is 0 Å². The first-order valence-electron chi connectivity index (χ1n) is 36.6. The number of aryl methyl sites for hydroxylation is 1. The average molecular weight is 1460 g/mol. The number of likely N-dealkylation sites (N-methyl/N-ethyl adjacent to an activating group) is 7. The van der Waals surface area contributed by atoms with Crippen molar-refractivity contribution in [3.63, 3.8) is 0 Å². The number of nitrogens with zero attached hydrogens (tertiary/aromatic N) is 9. The van der Waals surface area contributed by atoms with Crippen LogP contribution in [0.4, 0.5) is 22.0 Å². The maximum atomic E-state index is 15.8. The fourth-order valence-corrected chi connectivity index (χ4v) is 16.1. The SMILES string of the molecule is CC[C@H](C)[C@@H]1NC(=O)[C@H](CCC(F)F)N(C)C(=O)C[C@H](C(=O)N2CCCCC2)N(C)C(=O)[C@H](C2CCCCC2)N(C)C(=O)C2(CCCC2)NC(=O)[C@@H]2CCCN2C(=O)[C@H](CCc2ccc(C(F)(F)F)c(Cl)c2)NC(=O)CN(C)C(=O)[C@H](CC2CCCCC2)N(C)C(=O)CN(C)C(=O)CN(C)C1=O. The Morgan fingerprint density at radius 2 is 1.22 bits per heavy atom. The summed E-state index contributed by atoms with van der Waals surface area (Å²) in [6.45, 7) is 2.13. The second-order valence-corrected chi connectivity index (χ2v) is 29.9. The van der Waals surface area contributed by atoms with Crippen molar-refractivity contribution in [3.05, 3.63) is 34.3 Å². The minimum absolute atomic E-state index is 0.00984. The normalized spacial score (nSPS) is 26.6. The number of carbonyl (C=O) groups is 12. The lowest BCUT2D eigenvalue weighted by Gasteiger charge is -2.43. The number of fused-ring (bicyclic) bond motifs is 1. The second-order valence-electron chi connectivity index (χ2n) is 29.5. The predicted molar refractivity (Wildman–Crippen MR) is 369 cm³/mol. The molecule has 3 heterocycles. The van der Waals surface area contributed by atoms with E-state index in [-0.39, 0.29) is 56.6 Å². The van der Waals surface area contributed by atoms with Crippen LogP contribution in [0.5, 0.6) is 0 Å². The molecule has 8 atom stereocenters. The summed E-state index contributed by atoms with van der Waals surface area (Å²) in [6.07, 6.45) is 1.35. The van der Waals surface area contributed by atoms with Gasteiger partial charge in [-0.2, -0.15) is 13.2 Å². The fraction of sp³-hybridized carbons (Fsp3) is 0.750. The molecule has 0 bridgehead atoms. The van der Waals surface area contributed by atoms with Crippen LogP contribution in [-0.2, 0) is 70.1 Å². The van der Waals surface area contributed by atoms with Crippen LogP contribution in [0.25, 0.3) is 0 Å². The van der Waals surface area contributed by atoms with E-state index >= 15 is 24.0 Å². The average Bonchev–Trinajstić information content (AvgIpc) is 1.45. The first-order valence-corrected chi connectivity index (χ1v) is 37.0. The van der Waals surface area contributed by atoms with Gasteiger partial charge in [0.25, 0.3) is 0 Å². The van der Waals surface area contributed by atoms with Crippen LogP contribution in [0.2, 0.25) is 5.02 Å². The zero-order valence-electron chi connectivity index (χ0n) is 60.9. The molecule has 30 heteroatoms. The van der Waals surface area contributed by atoms with Gasteiger partial charge in [-0.25, -0.2) is 8.78 Å². The van der Waals surface area contributed by atoms with Gasteiger partial charge in [0.1, 0.15) is 47.8 Å². The van der Waals surface area contributed by atoms with Crippen LogP contribution in [0, 0.1) is 17.8 Å². The van der Waals surface area contributed by atoms with Gasteiger partial charge >= 0.3 is 6.18 Å². The summed E-state index contributed by atoms with van der Waals surface area (Å²) in [5.41, 5.74) is -2.42. The number of likely N-dealkylation sites (tertiary alicyclic amines) is 1. The van der Waals surface area contributed by atoms with Gasteiger partial charge in [0.2, 0.25) is 77.3 Å². The quantitative estimate of drug-likeness (QED) is 0.191. The highest BCUT2D eigenvalue weighted by molar-refractivity contribution is 6.31. The molecule has 1 spiro atoms. The van der Waals surface area contributed by atoms with E-state index in [0.29, 0.717) is 77.3 Å². The fourth-order valence-electron chi connectivity index (χ4n) is 15.7. The minimum Gasteiger partial charge on any atom is -0.343 e. The smallest absolute Gasteiger partial charge is 0.343 e. The monoisotopic (exact) mass is 1460 g/mol. The van der Waals surface area contributed by atoms with Crippen molar-refractivity contribution in [2.24, 2.45) is 17.8 Å². The van der Waals surface area contributed by atoms with Crippen LogP contribution in [0.3, 0.4) is 0 Å². The molecular weight excluding hydrogens is 1360 g/mol. The summed E-state index contributed by atoms with van der Waals surface area (Å²) < 4.78 is 70.2. The molecule has 0 radical (unpaired) electrons. The summed E-state index contributed by atoms with van der Waals surface area (Å²) in [5.74, 6) is -10.00. The standard InChI is InChI=1S/C72H108ClF5N12O12/c1-10-45(2)61-68(100)84(5)43-59(93)82(3)44-60(94)86(7)54(40-46-23-14-11-15-24-46)66(98)83(4)42-57(91)79-51(31-29-47-28-30-49(50(73)39-47)72(76,77)78)65(97)90-38-22-27-53(90)64(96)81-71(34-18-19-35-71)70(102)88(9)62(48-25-16-12-17-26-48)69(101)87(8)55(67(99)89-36-20-13-21-37-89)41-58(92)85(6)52(63(95)80-61)32-33-56(74)75/h28,30,39,45-46,48,51-56,61-62H,10-27,29,31-38,40-44H2,1-9H3,(H,79,91)(H,80,95)(H,81,96)/t45-,51-,52-,53-,54-,55+,61-,62-/m0/s1. The third-order valence-electron chi connectivity index (χ3n) is 22.3. The molecule has 6 aliphatic rings. The number of nitrogens with one attached hydrogen (secondary N) is 3. The predicted octanol–water partition coefficient (Wildman–Crippen LogP) is 6.42. The maximum absolute atomic E-state index is 15.8. The maximum Gasteiger partial charge on any atom is 0.417 e. The highest BCUT2D eigenvalue weighted by atomic mass is 35.5. The van der Waals surface area contributed by atoms with E-state index in [1.807, 2.05) is 0 Å². The lowest BCUT2D eigenvalue weighted by atomic mass is 9.81. The van der Waals surface area contributed by atoms with Gasteiger partial charge in [0, 0.05) is 75.4 Å². The number of piperidine rings is 1. The van der Waals surface area contributed by atoms with Crippen molar-refractivity contribution in [1.82, 2.24) is 60.0 Å². The molecule has 3 saturated heterocycles. The number of halogens is 6. The zero-order chi connectivity index (χ0) is 75.1. The molecule has 0 unspecified atom stereocenters. The molecule has 3 aliphatic heterocycles. The molecule has 6 fully saturated rings. The van der Waals surface area contributed by atoms with Crippen molar-refractivity contribution in [1.29, 1.82) is 0 Å². The van der Waals surface area contributed by atoms with Crippen LogP contribution < -0.4 is 16.0 Å². The van der Waals surface area contributed by atoms with Crippen molar-refractivity contribution < 1.29 is 79.5 Å². The Bertz CT molecular complexity index is 3160. The van der Waals surface area contributed by atoms with Gasteiger partial charge in [-0.15, -0.1) is 0 Å². The van der Waals surface area contributed by atoms with E-state index in [1.165, 1.54) is 70.1 Å². The summed E-state index contributed by atoms with van der Waals surface area (Å²) in [4.78, 5) is 190. The Labute approximate surface area is 601 Å². The zero-order valence-corrected chi connectivity index (χ0v) is 61.7. The van der Waals surface area contributed by atoms with Crippen molar-refractivity contribution in [2.75, 3.05) is 88.6 Å². The van der Waals surface area contributed by atoms with Crippen molar-refractivity contribution >= 4 is 82.5 Å². The second kappa shape index (κ2) is 37.0. The first-order chi connectivity index (χ1) is 48.2. The first kappa shape index (κ1) is 82.1. The van der Waals surface area contributed by atoms with Gasteiger partial charge in [-0.3, -0.25) is 57.5 Å². The molecule has 1 aromatic carbocycles. The third-order valence-corrected chi connectivity index (χ3v) is 22.6. The Hall–Kier alpha value is -7.20. The van der Waals surface area contributed by atoms with E-state index in [0.717, 1.165) is 81.6 Å². The summed E-state index contributed by atoms with van der Waals surface area (Å²) in [6, 6.07) is -6.56. The molecule has 3 N–H and O–H groups in total. The topological polar surface area (TPSA) is 270 Å². The molecule has 7 rings (SSSR count). The summed E-state index contributed by atoms with van der Waals surface area (Å²) in [5, 5.41) is 7.89. The van der Waals surface area contributed by atoms with E-state index in [2.05, 4.69) is 16.0 Å². The third kappa shape index (κ3) is 20.8.